The third-order valence-electron chi connectivity index (χ3n) is 5.38. The van der Waals surface area contributed by atoms with Crippen LogP contribution < -0.4 is 10.2 Å². The maximum Gasteiger partial charge on any atom is 0.192 e. The van der Waals surface area contributed by atoms with Crippen LogP contribution >= 0.6 is 11.3 Å². The molecular weight excluding hydrogens is 372 g/mol. The normalized spacial score (nSPS) is 15.2. The van der Waals surface area contributed by atoms with Gasteiger partial charge in [-0.3, -0.25) is 9.59 Å². The van der Waals surface area contributed by atoms with Crippen LogP contribution in [-0.2, 0) is 6.42 Å². The molecule has 1 atom stereocenters. The van der Waals surface area contributed by atoms with E-state index in [1.807, 2.05) is 11.4 Å². The molecule has 0 saturated heterocycles. The first-order chi connectivity index (χ1) is 13.4. The largest absolute Gasteiger partial charge is 0.496 e. The summed E-state index contributed by atoms with van der Waals surface area (Å²) >= 11 is 1.57. The highest BCUT2D eigenvalue weighted by molar-refractivity contribution is 7.13. The molecule has 1 unspecified atom stereocenters. The Bertz CT molecular complexity index is 1110. The zero-order valence-electron chi connectivity index (χ0n) is 16.4. The minimum atomic E-state index is -0.239. The molecule has 144 valence electrons. The molecule has 2 aromatic heterocycles. The van der Waals surface area contributed by atoms with E-state index in [1.54, 1.807) is 36.9 Å². The number of methoxy groups -OCH3 is 1. The SMILES string of the molecule is COc1cc2c(cc1-c1nccs1)CC(C(C)C)n1cc(C(C)=O)c(=O)cc1-2. The van der Waals surface area contributed by atoms with E-state index in [0.717, 1.165) is 34.0 Å². The van der Waals surface area contributed by atoms with Crippen molar-refractivity contribution in [3.05, 3.63) is 57.3 Å². The highest BCUT2D eigenvalue weighted by Gasteiger charge is 2.29. The molecule has 0 radical (unpaired) electrons. The number of ether oxygens (including phenoxy) is 1. The van der Waals surface area contributed by atoms with Crippen LogP contribution in [0.2, 0.25) is 0 Å². The van der Waals surface area contributed by atoms with Gasteiger partial charge in [0.2, 0.25) is 0 Å². The first-order valence-electron chi connectivity index (χ1n) is 9.29. The molecular formula is C22H22N2O3S. The molecule has 0 fully saturated rings. The van der Waals surface area contributed by atoms with E-state index in [2.05, 4.69) is 29.5 Å². The number of hydrogen-bond acceptors (Lipinski definition) is 5. The van der Waals surface area contributed by atoms with Crippen LogP contribution in [0, 0.1) is 5.92 Å². The smallest absolute Gasteiger partial charge is 0.192 e. The number of rotatable bonds is 4. The molecule has 0 aliphatic carbocycles. The second-order valence-corrected chi connectivity index (χ2v) is 8.36. The highest BCUT2D eigenvalue weighted by atomic mass is 32.1. The first kappa shape index (κ1) is 18.6. The third kappa shape index (κ3) is 2.98. The van der Waals surface area contributed by atoms with Crippen LogP contribution in [0.15, 0.2) is 40.8 Å². The molecule has 1 aliphatic rings. The number of benzene rings is 1. The fourth-order valence-corrected chi connectivity index (χ4v) is 4.57. The van der Waals surface area contributed by atoms with Gasteiger partial charge in [-0.1, -0.05) is 13.8 Å². The second kappa shape index (κ2) is 7.02. The molecule has 0 spiro atoms. The number of carbonyl (C=O) groups excluding carboxylic acids is 1. The second-order valence-electron chi connectivity index (χ2n) is 7.46. The third-order valence-corrected chi connectivity index (χ3v) is 6.19. The van der Waals surface area contributed by atoms with Gasteiger partial charge in [0.15, 0.2) is 11.2 Å². The van der Waals surface area contributed by atoms with Crippen LogP contribution in [0.5, 0.6) is 5.75 Å². The summed E-state index contributed by atoms with van der Waals surface area (Å²) in [5, 5.41) is 2.86. The number of aromatic nitrogens is 2. The standard InChI is InChI=1S/C22H22N2O3S/c1-12(2)18-8-14-7-16(22-23-5-6-28-22)21(27-4)9-15(14)19-10-20(26)17(13(3)25)11-24(18)19/h5-7,9-12,18H,8H2,1-4H3. The number of Topliss-reactive ketones (excluding diaryl/α,β-unsaturated/α-hetero) is 1. The average Bonchev–Trinajstić information content (AvgIpc) is 3.20. The summed E-state index contributed by atoms with van der Waals surface area (Å²) < 4.78 is 7.73. The van der Waals surface area contributed by atoms with Crippen LogP contribution in [0.25, 0.3) is 21.8 Å². The zero-order chi connectivity index (χ0) is 20.0. The summed E-state index contributed by atoms with van der Waals surface area (Å²) in [6.45, 7) is 5.76. The summed E-state index contributed by atoms with van der Waals surface area (Å²) in [7, 11) is 1.64. The lowest BCUT2D eigenvalue weighted by Crippen LogP contribution is -2.27. The van der Waals surface area contributed by atoms with E-state index < -0.39 is 0 Å². The Kier molecular flexibility index (Phi) is 4.67. The monoisotopic (exact) mass is 394 g/mol. The van der Waals surface area contributed by atoms with Gasteiger partial charge in [-0.05, 0) is 37.0 Å². The van der Waals surface area contributed by atoms with Crippen LogP contribution in [0.3, 0.4) is 0 Å². The maximum atomic E-state index is 12.6. The van der Waals surface area contributed by atoms with Gasteiger partial charge in [0.05, 0.1) is 23.9 Å². The summed E-state index contributed by atoms with van der Waals surface area (Å²) in [5.41, 5.74) is 3.94. The Labute approximate surface area is 167 Å². The molecule has 3 aromatic rings. The van der Waals surface area contributed by atoms with Gasteiger partial charge in [0, 0.05) is 35.4 Å². The Hall–Kier alpha value is -2.73. The van der Waals surface area contributed by atoms with Crippen molar-refractivity contribution in [3.8, 4) is 27.6 Å². The van der Waals surface area contributed by atoms with Crippen molar-refractivity contribution in [2.24, 2.45) is 5.92 Å². The van der Waals surface area contributed by atoms with Gasteiger partial charge in [-0.15, -0.1) is 11.3 Å². The molecule has 0 bridgehead atoms. The van der Waals surface area contributed by atoms with Gasteiger partial charge < -0.3 is 9.30 Å². The summed E-state index contributed by atoms with van der Waals surface area (Å²) in [6.07, 6.45) is 4.34. The van der Waals surface area contributed by atoms with E-state index >= 15 is 0 Å². The number of carbonyl (C=O) groups is 1. The van der Waals surface area contributed by atoms with Crippen molar-refractivity contribution in [2.45, 2.75) is 33.2 Å². The lowest BCUT2D eigenvalue weighted by molar-refractivity contribution is 0.101. The Balaban J connectivity index is 1.99. The lowest BCUT2D eigenvalue weighted by atomic mass is 9.86. The van der Waals surface area contributed by atoms with E-state index in [9.17, 15) is 9.59 Å². The van der Waals surface area contributed by atoms with Gasteiger partial charge in [-0.2, -0.15) is 0 Å². The number of fused-ring (bicyclic) bond motifs is 3. The number of hydrogen-bond donors (Lipinski definition) is 0. The fraction of sp³-hybridized carbons (Fsp3) is 0.318. The quantitative estimate of drug-likeness (QED) is 0.607. The van der Waals surface area contributed by atoms with Crippen molar-refractivity contribution >= 4 is 17.1 Å². The van der Waals surface area contributed by atoms with Crippen molar-refractivity contribution in [3.63, 3.8) is 0 Å². The summed E-state index contributed by atoms with van der Waals surface area (Å²) in [6, 6.07) is 5.88. The van der Waals surface area contributed by atoms with Crippen LogP contribution in [0.1, 0.15) is 42.7 Å². The molecule has 0 amide bonds. The van der Waals surface area contributed by atoms with Crippen molar-refractivity contribution < 1.29 is 9.53 Å². The minimum absolute atomic E-state index is 0.165. The number of nitrogens with zero attached hydrogens (tertiary/aromatic N) is 2. The van der Waals surface area contributed by atoms with Crippen molar-refractivity contribution in [1.29, 1.82) is 0 Å². The topological polar surface area (TPSA) is 61.2 Å². The minimum Gasteiger partial charge on any atom is -0.496 e. The van der Waals surface area contributed by atoms with E-state index in [4.69, 9.17) is 4.74 Å². The van der Waals surface area contributed by atoms with Gasteiger partial charge in [0.25, 0.3) is 0 Å². The molecule has 4 rings (SSSR count). The molecule has 1 aliphatic heterocycles. The zero-order valence-corrected chi connectivity index (χ0v) is 17.2. The highest BCUT2D eigenvalue weighted by Crippen LogP contribution is 2.43. The first-order valence-corrected chi connectivity index (χ1v) is 10.2. The molecule has 0 saturated carbocycles. The number of pyridine rings is 1. The molecule has 28 heavy (non-hydrogen) atoms. The fourth-order valence-electron chi connectivity index (χ4n) is 3.91. The molecule has 3 heterocycles. The van der Waals surface area contributed by atoms with Gasteiger partial charge in [0.1, 0.15) is 10.8 Å². The molecule has 1 aromatic carbocycles. The van der Waals surface area contributed by atoms with Crippen molar-refractivity contribution in [1.82, 2.24) is 9.55 Å². The average molecular weight is 394 g/mol. The predicted molar refractivity (Wildman–Crippen MR) is 111 cm³/mol. The van der Waals surface area contributed by atoms with E-state index in [-0.39, 0.29) is 22.8 Å². The Morgan fingerprint density at radius 2 is 2.07 bits per heavy atom. The van der Waals surface area contributed by atoms with Gasteiger partial charge >= 0.3 is 0 Å². The Morgan fingerprint density at radius 1 is 1.29 bits per heavy atom. The number of ketones is 1. The predicted octanol–water partition coefficient (Wildman–Crippen LogP) is 4.60. The summed E-state index contributed by atoms with van der Waals surface area (Å²) in [4.78, 5) is 28.9. The molecule has 6 heteroatoms. The van der Waals surface area contributed by atoms with Crippen molar-refractivity contribution in [2.75, 3.05) is 7.11 Å². The van der Waals surface area contributed by atoms with E-state index in [0.29, 0.717) is 5.92 Å². The summed E-state index contributed by atoms with van der Waals surface area (Å²) in [5.74, 6) is 0.872. The lowest BCUT2D eigenvalue weighted by Gasteiger charge is -2.34. The number of thiazole rings is 1. The Morgan fingerprint density at radius 3 is 2.68 bits per heavy atom. The maximum absolute atomic E-state index is 12.6. The molecule has 5 nitrogen and oxygen atoms in total. The van der Waals surface area contributed by atoms with Crippen LogP contribution in [-0.4, -0.2) is 22.4 Å². The van der Waals surface area contributed by atoms with Crippen LogP contribution in [0.4, 0.5) is 0 Å². The van der Waals surface area contributed by atoms with E-state index in [1.165, 1.54) is 12.5 Å². The molecule has 0 N–H and O–H groups in total. The van der Waals surface area contributed by atoms with Gasteiger partial charge in [-0.25, -0.2) is 4.98 Å².